The molecule has 25 heavy (non-hydrogen) atoms. The number of nitrogens with zero attached hydrogens (tertiary/aromatic N) is 2. The molecule has 0 aromatic heterocycles. The van der Waals surface area contributed by atoms with Gasteiger partial charge in [0.15, 0.2) is 6.29 Å². The summed E-state index contributed by atoms with van der Waals surface area (Å²) in [4.78, 5) is 35.1. The third-order valence-electron chi connectivity index (χ3n) is 3.67. The molecule has 0 unspecified atom stereocenters. The normalized spacial score (nSPS) is 10.1. The Morgan fingerprint density at radius 2 is 1.92 bits per heavy atom. The number of aldehydes is 1. The predicted octanol–water partition coefficient (Wildman–Crippen LogP) is 3.23. The van der Waals surface area contributed by atoms with Gasteiger partial charge in [0.2, 0.25) is 5.91 Å². The van der Waals surface area contributed by atoms with Crippen LogP contribution in [0.3, 0.4) is 0 Å². The molecule has 0 heterocycles. The molecule has 2 aromatic rings. The van der Waals surface area contributed by atoms with Crippen molar-refractivity contribution in [3.05, 3.63) is 64.2 Å². The lowest BCUT2D eigenvalue weighted by atomic mass is 10.2. The largest absolute Gasteiger partial charge is 0.493 e. The second-order valence-electron chi connectivity index (χ2n) is 5.30. The molecule has 0 saturated heterocycles. The van der Waals surface area contributed by atoms with E-state index in [0.717, 1.165) is 5.69 Å². The molecule has 2 rings (SSSR count). The van der Waals surface area contributed by atoms with Crippen LogP contribution in [0, 0.1) is 10.1 Å². The molecular formula is C18H18N2O5. The van der Waals surface area contributed by atoms with Crippen LogP contribution in [-0.2, 0) is 4.79 Å². The maximum Gasteiger partial charge on any atom is 0.283 e. The number of para-hydroxylation sites is 1. The first-order valence-corrected chi connectivity index (χ1v) is 7.71. The van der Waals surface area contributed by atoms with Crippen molar-refractivity contribution in [2.75, 3.05) is 18.6 Å². The van der Waals surface area contributed by atoms with Crippen molar-refractivity contribution in [1.82, 2.24) is 0 Å². The zero-order chi connectivity index (χ0) is 18.2. The molecule has 0 N–H and O–H groups in total. The van der Waals surface area contributed by atoms with E-state index >= 15 is 0 Å². The molecule has 1 amide bonds. The van der Waals surface area contributed by atoms with Gasteiger partial charge in [-0.25, -0.2) is 0 Å². The third kappa shape index (κ3) is 4.63. The zero-order valence-corrected chi connectivity index (χ0v) is 13.8. The van der Waals surface area contributed by atoms with Crippen LogP contribution in [0.4, 0.5) is 11.4 Å². The standard InChI is InChI=1S/C18H18N2O5/c1-19(14-7-3-2-4-8-14)18(22)11-6-12-25-17-10-5-9-16(20(23)24)15(17)13-21/h2-5,7-10,13H,6,11-12H2,1H3. The second kappa shape index (κ2) is 8.58. The summed E-state index contributed by atoms with van der Waals surface area (Å²) in [5.74, 6) is 0.0810. The smallest absolute Gasteiger partial charge is 0.283 e. The van der Waals surface area contributed by atoms with Crippen molar-refractivity contribution in [3.63, 3.8) is 0 Å². The lowest BCUT2D eigenvalue weighted by Crippen LogP contribution is -2.26. The van der Waals surface area contributed by atoms with Crippen LogP contribution in [0.15, 0.2) is 48.5 Å². The summed E-state index contributed by atoms with van der Waals surface area (Å²) in [7, 11) is 1.70. The maximum atomic E-state index is 12.1. The van der Waals surface area contributed by atoms with E-state index in [-0.39, 0.29) is 35.9 Å². The molecule has 0 aliphatic heterocycles. The van der Waals surface area contributed by atoms with Crippen molar-refractivity contribution in [2.24, 2.45) is 0 Å². The van der Waals surface area contributed by atoms with Gasteiger partial charge in [0.25, 0.3) is 5.69 Å². The Bertz CT molecular complexity index is 761. The minimum absolute atomic E-state index is 0.0653. The Kier molecular flexibility index (Phi) is 6.22. The average molecular weight is 342 g/mol. The lowest BCUT2D eigenvalue weighted by molar-refractivity contribution is -0.385. The van der Waals surface area contributed by atoms with Gasteiger partial charge >= 0.3 is 0 Å². The molecule has 130 valence electrons. The molecule has 7 heteroatoms. The molecule has 2 aromatic carbocycles. The fourth-order valence-corrected chi connectivity index (χ4v) is 2.30. The van der Waals surface area contributed by atoms with Gasteiger partial charge in [-0.15, -0.1) is 0 Å². The maximum absolute atomic E-state index is 12.1. The van der Waals surface area contributed by atoms with E-state index < -0.39 is 4.92 Å². The molecule has 0 aliphatic rings. The van der Waals surface area contributed by atoms with Crippen molar-refractivity contribution in [1.29, 1.82) is 0 Å². The highest BCUT2D eigenvalue weighted by Gasteiger charge is 2.18. The van der Waals surface area contributed by atoms with E-state index in [1.54, 1.807) is 11.9 Å². The minimum Gasteiger partial charge on any atom is -0.493 e. The number of amides is 1. The number of ether oxygens (including phenoxy) is 1. The first kappa shape index (κ1) is 18.1. The Morgan fingerprint density at radius 3 is 2.56 bits per heavy atom. The van der Waals surface area contributed by atoms with Gasteiger partial charge in [0, 0.05) is 25.2 Å². The molecule has 0 aliphatic carbocycles. The summed E-state index contributed by atoms with van der Waals surface area (Å²) >= 11 is 0. The van der Waals surface area contributed by atoms with Crippen LogP contribution in [0.5, 0.6) is 5.75 Å². The summed E-state index contributed by atoms with van der Waals surface area (Å²) in [6, 6.07) is 13.5. The summed E-state index contributed by atoms with van der Waals surface area (Å²) in [6.45, 7) is 0.177. The number of hydrogen-bond donors (Lipinski definition) is 0. The molecule has 0 bridgehead atoms. The van der Waals surface area contributed by atoms with Crippen LogP contribution >= 0.6 is 0 Å². The highest BCUT2D eigenvalue weighted by atomic mass is 16.6. The number of benzene rings is 2. The first-order valence-electron chi connectivity index (χ1n) is 7.71. The Morgan fingerprint density at radius 1 is 1.20 bits per heavy atom. The van der Waals surface area contributed by atoms with Crippen molar-refractivity contribution < 1.29 is 19.2 Å². The fourth-order valence-electron chi connectivity index (χ4n) is 2.30. The van der Waals surface area contributed by atoms with Crippen LogP contribution in [-0.4, -0.2) is 30.8 Å². The zero-order valence-electron chi connectivity index (χ0n) is 13.8. The predicted molar refractivity (Wildman–Crippen MR) is 93.1 cm³/mol. The summed E-state index contributed by atoms with van der Waals surface area (Å²) in [5.41, 5.74) is 0.406. The van der Waals surface area contributed by atoms with Gasteiger partial charge in [-0.2, -0.15) is 0 Å². The molecule has 0 radical (unpaired) electrons. The van der Waals surface area contributed by atoms with E-state index in [0.29, 0.717) is 12.7 Å². The summed E-state index contributed by atoms with van der Waals surface area (Å²) < 4.78 is 5.45. The molecule has 0 atom stereocenters. The molecule has 0 spiro atoms. The van der Waals surface area contributed by atoms with Crippen LogP contribution < -0.4 is 9.64 Å². The van der Waals surface area contributed by atoms with Gasteiger partial charge in [-0.05, 0) is 24.6 Å². The lowest BCUT2D eigenvalue weighted by Gasteiger charge is -2.17. The van der Waals surface area contributed by atoms with Crippen LogP contribution in [0.25, 0.3) is 0 Å². The number of carbonyl (C=O) groups excluding carboxylic acids is 2. The highest BCUT2D eigenvalue weighted by Crippen LogP contribution is 2.26. The van der Waals surface area contributed by atoms with E-state index in [2.05, 4.69) is 0 Å². The highest BCUT2D eigenvalue weighted by molar-refractivity contribution is 5.92. The SMILES string of the molecule is CN(C(=O)CCCOc1cccc([N+](=O)[O-])c1C=O)c1ccccc1. The summed E-state index contributed by atoms with van der Waals surface area (Å²) in [6.07, 6.45) is 1.09. The van der Waals surface area contributed by atoms with E-state index in [1.165, 1.54) is 18.2 Å². The fraction of sp³-hybridized carbons (Fsp3) is 0.222. The van der Waals surface area contributed by atoms with Crippen molar-refractivity contribution in [3.8, 4) is 5.75 Å². The van der Waals surface area contributed by atoms with Crippen LogP contribution in [0.1, 0.15) is 23.2 Å². The van der Waals surface area contributed by atoms with E-state index in [1.807, 2.05) is 30.3 Å². The molecule has 7 nitrogen and oxygen atoms in total. The molecular weight excluding hydrogens is 324 g/mol. The number of nitro benzene ring substituents is 1. The monoisotopic (exact) mass is 342 g/mol. The van der Waals surface area contributed by atoms with Crippen molar-refractivity contribution >= 4 is 23.6 Å². The van der Waals surface area contributed by atoms with Gasteiger partial charge in [-0.1, -0.05) is 24.3 Å². The van der Waals surface area contributed by atoms with Gasteiger partial charge in [0.05, 0.1) is 11.5 Å². The number of nitro groups is 1. The van der Waals surface area contributed by atoms with Gasteiger partial charge in [-0.3, -0.25) is 19.7 Å². The van der Waals surface area contributed by atoms with E-state index in [4.69, 9.17) is 4.74 Å². The van der Waals surface area contributed by atoms with Crippen LogP contribution in [0.2, 0.25) is 0 Å². The van der Waals surface area contributed by atoms with Gasteiger partial charge < -0.3 is 9.64 Å². The number of hydrogen-bond acceptors (Lipinski definition) is 5. The minimum atomic E-state index is -0.630. The van der Waals surface area contributed by atoms with Crippen molar-refractivity contribution in [2.45, 2.75) is 12.8 Å². The third-order valence-corrected chi connectivity index (χ3v) is 3.67. The van der Waals surface area contributed by atoms with Gasteiger partial charge in [0.1, 0.15) is 11.3 Å². The quantitative estimate of drug-likeness (QED) is 0.318. The summed E-state index contributed by atoms with van der Waals surface area (Å²) in [5, 5.41) is 10.9. The first-order chi connectivity index (χ1) is 12.0. The molecule has 0 fully saturated rings. The Balaban J connectivity index is 1.89. The Labute approximate surface area is 145 Å². The topological polar surface area (TPSA) is 89.8 Å². The second-order valence-corrected chi connectivity index (χ2v) is 5.30. The van der Waals surface area contributed by atoms with E-state index in [9.17, 15) is 19.7 Å². The molecule has 0 saturated carbocycles. The number of rotatable bonds is 8. The average Bonchev–Trinajstić information content (AvgIpc) is 2.64. The number of anilines is 1. The Hall–Kier alpha value is -3.22. The number of carbonyl (C=O) groups is 2.